The molecule has 0 aliphatic heterocycles. The lowest BCUT2D eigenvalue weighted by Gasteiger charge is -2.05. The van der Waals surface area contributed by atoms with E-state index in [9.17, 15) is 0 Å². The molecular formula is C16H33N3. The van der Waals surface area contributed by atoms with Gasteiger partial charge in [0.1, 0.15) is 0 Å². The van der Waals surface area contributed by atoms with Crippen molar-refractivity contribution in [3.05, 3.63) is 11.9 Å². The van der Waals surface area contributed by atoms with Crippen LogP contribution in [0.5, 0.6) is 0 Å². The Morgan fingerprint density at radius 1 is 0.895 bits per heavy atom. The lowest BCUT2D eigenvalue weighted by atomic mass is 10.1. The van der Waals surface area contributed by atoms with E-state index in [4.69, 9.17) is 0 Å². The quantitative estimate of drug-likeness (QED) is 0.558. The van der Waals surface area contributed by atoms with Gasteiger partial charge in [-0.2, -0.15) is 0 Å². The summed E-state index contributed by atoms with van der Waals surface area (Å²) in [6, 6.07) is 0. The molecule has 0 aromatic carbocycles. The highest BCUT2D eigenvalue weighted by Crippen LogP contribution is 2.09. The molecule has 1 rings (SSSR count). The zero-order valence-electron chi connectivity index (χ0n) is 13.5. The molecule has 0 unspecified atom stereocenters. The standard InChI is InChI=1S/C14H27N3.C2H6/c1-3-5-7-8-9-10-11-14-13-15-16-17(14)12-6-4-2;1-2/h13H,3-12H2,1-2H3;1-2H3. The number of nitrogens with zero attached hydrogens (tertiary/aromatic N) is 3. The molecule has 0 fully saturated rings. The number of rotatable bonds is 10. The molecule has 112 valence electrons. The molecule has 19 heavy (non-hydrogen) atoms. The van der Waals surface area contributed by atoms with Crippen molar-refractivity contribution in [1.82, 2.24) is 15.0 Å². The van der Waals surface area contributed by atoms with Crippen LogP contribution in [-0.2, 0) is 13.0 Å². The molecule has 0 N–H and O–H groups in total. The van der Waals surface area contributed by atoms with Gasteiger partial charge in [-0.05, 0) is 19.3 Å². The van der Waals surface area contributed by atoms with Crippen LogP contribution in [0.3, 0.4) is 0 Å². The van der Waals surface area contributed by atoms with Gasteiger partial charge in [-0.25, -0.2) is 4.68 Å². The molecule has 0 saturated heterocycles. The number of hydrogen-bond donors (Lipinski definition) is 0. The Morgan fingerprint density at radius 2 is 1.53 bits per heavy atom. The highest BCUT2D eigenvalue weighted by atomic mass is 15.4. The van der Waals surface area contributed by atoms with E-state index < -0.39 is 0 Å². The van der Waals surface area contributed by atoms with E-state index in [1.54, 1.807) is 0 Å². The number of unbranched alkanes of at least 4 members (excludes halogenated alkanes) is 6. The Labute approximate surface area is 119 Å². The molecule has 3 heteroatoms. The average Bonchev–Trinajstić information content (AvgIpc) is 2.90. The summed E-state index contributed by atoms with van der Waals surface area (Å²) in [6.07, 6.45) is 13.6. The molecule has 0 aliphatic rings. The van der Waals surface area contributed by atoms with Crippen LogP contribution in [0.1, 0.15) is 84.8 Å². The molecule has 0 atom stereocenters. The topological polar surface area (TPSA) is 30.7 Å². The van der Waals surface area contributed by atoms with Crippen LogP contribution in [-0.4, -0.2) is 15.0 Å². The van der Waals surface area contributed by atoms with Crippen LogP contribution >= 0.6 is 0 Å². The lowest BCUT2D eigenvalue weighted by molar-refractivity contribution is 0.522. The van der Waals surface area contributed by atoms with Gasteiger partial charge in [0, 0.05) is 6.54 Å². The summed E-state index contributed by atoms with van der Waals surface area (Å²) in [7, 11) is 0. The van der Waals surface area contributed by atoms with Crippen LogP contribution in [0.25, 0.3) is 0 Å². The molecule has 1 heterocycles. The second-order valence-electron chi connectivity index (χ2n) is 4.82. The van der Waals surface area contributed by atoms with Gasteiger partial charge in [-0.1, -0.05) is 71.4 Å². The van der Waals surface area contributed by atoms with Gasteiger partial charge in [-0.3, -0.25) is 0 Å². The summed E-state index contributed by atoms with van der Waals surface area (Å²) in [6.45, 7) is 9.50. The van der Waals surface area contributed by atoms with Gasteiger partial charge in [0.2, 0.25) is 0 Å². The smallest absolute Gasteiger partial charge is 0.0725 e. The number of hydrogen-bond acceptors (Lipinski definition) is 2. The van der Waals surface area contributed by atoms with E-state index in [0.717, 1.165) is 13.0 Å². The molecule has 0 amide bonds. The van der Waals surface area contributed by atoms with Crippen LogP contribution in [0, 0.1) is 0 Å². The third-order valence-electron chi connectivity index (χ3n) is 3.21. The van der Waals surface area contributed by atoms with E-state index in [1.165, 1.54) is 57.1 Å². The molecule has 0 radical (unpaired) electrons. The molecule has 1 aromatic rings. The van der Waals surface area contributed by atoms with Crippen molar-refractivity contribution in [1.29, 1.82) is 0 Å². The molecule has 3 nitrogen and oxygen atoms in total. The second-order valence-corrected chi connectivity index (χ2v) is 4.82. The molecular weight excluding hydrogens is 234 g/mol. The fourth-order valence-electron chi connectivity index (χ4n) is 2.06. The van der Waals surface area contributed by atoms with E-state index in [0.29, 0.717) is 0 Å². The first-order valence-electron chi connectivity index (χ1n) is 8.25. The third kappa shape index (κ3) is 8.79. The van der Waals surface area contributed by atoms with Crippen molar-refractivity contribution in [2.45, 2.75) is 92.0 Å². The molecule has 0 spiro atoms. The van der Waals surface area contributed by atoms with E-state index in [1.807, 2.05) is 20.0 Å². The van der Waals surface area contributed by atoms with Crippen molar-refractivity contribution < 1.29 is 0 Å². The third-order valence-corrected chi connectivity index (χ3v) is 3.21. The Hall–Kier alpha value is -0.860. The fraction of sp³-hybridized carbons (Fsp3) is 0.875. The van der Waals surface area contributed by atoms with E-state index >= 15 is 0 Å². The molecule has 0 aliphatic carbocycles. The van der Waals surface area contributed by atoms with Crippen LogP contribution in [0.4, 0.5) is 0 Å². The minimum Gasteiger partial charge on any atom is -0.249 e. The number of aryl methyl sites for hydroxylation is 2. The van der Waals surface area contributed by atoms with Gasteiger partial charge in [0.05, 0.1) is 11.9 Å². The van der Waals surface area contributed by atoms with Crippen LogP contribution in [0.15, 0.2) is 6.20 Å². The predicted molar refractivity (Wildman–Crippen MR) is 83.4 cm³/mol. The number of aromatic nitrogens is 3. The minimum atomic E-state index is 1.03. The monoisotopic (exact) mass is 267 g/mol. The second kappa shape index (κ2) is 13.6. The Bertz CT molecular complexity index is 281. The van der Waals surface area contributed by atoms with Crippen LogP contribution in [0.2, 0.25) is 0 Å². The summed E-state index contributed by atoms with van der Waals surface area (Å²) < 4.78 is 2.08. The summed E-state index contributed by atoms with van der Waals surface area (Å²) >= 11 is 0. The molecule has 1 aromatic heterocycles. The van der Waals surface area contributed by atoms with Crippen molar-refractivity contribution in [3.8, 4) is 0 Å². The maximum Gasteiger partial charge on any atom is 0.0725 e. The highest BCUT2D eigenvalue weighted by molar-refractivity contribution is 4.93. The van der Waals surface area contributed by atoms with Crippen molar-refractivity contribution in [2.24, 2.45) is 0 Å². The van der Waals surface area contributed by atoms with Crippen molar-refractivity contribution in [3.63, 3.8) is 0 Å². The summed E-state index contributed by atoms with van der Waals surface area (Å²) in [5.41, 5.74) is 1.31. The largest absolute Gasteiger partial charge is 0.249 e. The van der Waals surface area contributed by atoms with Crippen LogP contribution < -0.4 is 0 Å². The highest BCUT2D eigenvalue weighted by Gasteiger charge is 2.02. The Morgan fingerprint density at radius 3 is 2.21 bits per heavy atom. The minimum absolute atomic E-state index is 1.03. The molecule has 0 saturated carbocycles. The normalized spacial score (nSPS) is 10.1. The first-order chi connectivity index (χ1) is 9.38. The summed E-state index contributed by atoms with van der Waals surface area (Å²) in [5, 5.41) is 8.17. The van der Waals surface area contributed by atoms with Crippen molar-refractivity contribution >= 4 is 0 Å². The lowest BCUT2D eigenvalue weighted by Crippen LogP contribution is -2.05. The average molecular weight is 267 g/mol. The first kappa shape index (κ1) is 18.1. The van der Waals surface area contributed by atoms with E-state index in [2.05, 4.69) is 28.8 Å². The Kier molecular flexibility index (Phi) is 13.0. The zero-order valence-corrected chi connectivity index (χ0v) is 13.5. The molecule has 0 bridgehead atoms. The zero-order chi connectivity index (χ0) is 14.3. The predicted octanol–water partition coefficient (Wildman–Crippen LogP) is 5.01. The fourth-order valence-corrected chi connectivity index (χ4v) is 2.06. The van der Waals surface area contributed by atoms with Gasteiger partial charge in [0.25, 0.3) is 0 Å². The van der Waals surface area contributed by atoms with E-state index in [-0.39, 0.29) is 0 Å². The maximum atomic E-state index is 4.15. The maximum absolute atomic E-state index is 4.15. The first-order valence-corrected chi connectivity index (χ1v) is 8.25. The van der Waals surface area contributed by atoms with Gasteiger partial charge in [-0.15, -0.1) is 5.10 Å². The van der Waals surface area contributed by atoms with Crippen molar-refractivity contribution in [2.75, 3.05) is 0 Å². The SMILES string of the molecule is CC.CCCCCCCCc1cnnn1CCCC. The summed E-state index contributed by atoms with van der Waals surface area (Å²) in [5.74, 6) is 0. The summed E-state index contributed by atoms with van der Waals surface area (Å²) in [4.78, 5) is 0. The Balaban J connectivity index is 0.00000154. The van der Waals surface area contributed by atoms with Gasteiger partial charge in [0.15, 0.2) is 0 Å². The van der Waals surface area contributed by atoms with Gasteiger partial charge >= 0.3 is 0 Å². The van der Waals surface area contributed by atoms with Gasteiger partial charge < -0.3 is 0 Å².